The van der Waals surface area contributed by atoms with Crippen molar-refractivity contribution in [2.45, 2.75) is 32.1 Å². The minimum atomic E-state index is -0.131. The van der Waals surface area contributed by atoms with Crippen LogP contribution in [0, 0.1) is 0 Å². The lowest BCUT2D eigenvalue weighted by atomic mass is 10.1. The molecule has 0 saturated carbocycles. The molecule has 0 saturated heterocycles. The predicted octanol–water partition coefficient (Wildman–Crippen LogP) is 3.60. The molecule has 0 aromatic heterocycles. The van der Waals surface area contributed by atoms with Crippen molar-refractivity contribution >= 4 is 23.6 Å². The number of thioether (sulfide) groups is 1. The lowest BCUT2D eigenvalue weighted by Crippen LogP contribution is -2.30. The molecule has 4 heteroatoms. The van der Waals surface area contributed by atoms with E-state index in [9.17, 15) is 9.59 Å². The van der Waals surface area contributed by atoms with Crippen LogP contribution in [0.15, 0.2) is 24.3 Å². The summed E-state index contributed by atoms with van der Waals surface area (Å²) in [6.45, 7) is 0.550. The quantitative estimate of drug-likeness (QED) is 0.542. The number of nitrogens with zero attached hydrogens (tertiary/aromatic N) is 1. The molecule has 20 heavy (non-hydrogen) atoms. The number of carbonyl (C=O) groups is 2. The van der Waals surface area contributed by atoms with Crippen LogP contribution in [0.4, 0.5) is 0 Å². The number of rotatable bonds is 8. The van der Waals surface area contributed by atoms with Crippen molar-refractivity contribution in [2.24, 2.45) is 0 Å². The van der Waals surface area contributed by atoms with Gasteiger partial charge in [0.2, 0.25) is 0 Å². The Morgan fingerprint density at radius 3 is 2.05 bits per heavy atom. The minimum Gasteiger partial charge on any atom is -0.274 e. The van der Waals surface area contributed by atoms with Crippen LogP contribution in [0.5, 0.6) is 0 Å². The molecule has 0 radical (unpaired) electrons. The van der Waals surface area contributed by atoms with Crippen molar-refractivity contribution in [1.82, 2.24) is 4.90 Å². The first-order valence-electron chi connectivity index (χ1n) is 7.20. The molecule has 1 heterocycles. The molecule has 0 bridgehead atoms. The van der Waals surface area contributed by atoms with E-state index in [4.69, 9.17) is 0 Å². The summed E-state index contributed by atoms with van der Waals surface area (Å²) in [5.41, 5.74) is 1.11. The molecule has 0 atom stereocenters. The Morgan fingerprint density at radius 1 is 0.900 bits per heavy atom. The van der Waals surface area contributed by atoms with Crippen LogP contribution >= 0.6 is 11.8 Å². The van der Waals surface area contributed by atoms with Gasteiger partial charge in [0.05, 0.1) is 11.1 Å². The van der Waals surface area contributed by atoms with E-state index in [1.807, 2.05) is 11.8 Å². The normalized spacial score (nSPS) is 13.9. The standard InChI is InChI=1S/C16H21NO2S/c1-20-12-8-4-2-3-7-11-17-15(18)13-9-5-6-10-14(13)16(17)19/h5-6,9-10H,2-4,7-8,11-12H2,1H3. The van der Waals surface area contributed by atoms with Gasteiger partial charge in [-0.1, -0.05) is 31.4 Å². The second kappa shape index (κ2) is 7.48. The van der Waals surface area contributed by atoms with Crippen LogP contribution in [-0.4, -0.2) is 35.3 Å². The van der Waals surface area contributed by atoms with Gasteiger partial charge in [0.25, 0.3) is 11.8 Å². The summed E-state index contributed by atoms with van der Waals surface area (Å²) in [6.07, 6.45) is 7.80. The zero-order valence-corrected chi connectivity index (χ0v) is 12.7. The highest BCUT2D eigenvalue weighted by molar-refractivity contribution is 7.98. The maximum Gasteiger partial charge on any atom is 0.261 e. The van der Waals surface area contributed by atoms with Gasteiger partial charge in [-0.25, -0.2) is 0 Å². The number of carbonyl (C=O) groups excluding carboxylic acids is 2. The van der Waals surface area contributed by atoms with E-state index in [1.54, 1.807) is 24.3 Å². The van der Waals surface area contributed by atoms with Gasteiger partial charge in [-0.2, -0.15) is 11.8 Å². The molecule has 1 aliphatic heterocycles. The van der Waals surface area contributed by atoms with Gasteiger partial charge in [0.15, 0.2) is 0 Å². The van der Waals surface area contributed by atoms with Gasteiger partial charge in [-0.05, 0) is 37.0 Å². The SMILES string of the molecule is CSCCCCCCCN1C(=O)c2ccccc2C1=O. The lowest BCUT2D eigenvalue weighted by molar-refractivity contribution is 0.0651. The summed E-state index contributed by atoms with van der Waals surface area (Å²) in [7, 11) is 0. The Labute approximate surface area is 124 Å². The number of amides is 2. The average Bonchev–Trinajstić information content (AvgIpc) is 2.71. The summed E-state index contributed by atoms with van der Waals surface area (Å²) in [6, 6.07) is 7.08. The molecule has 0 unspecified atom stereocenters. The van der Waals surface area contributed by atoms with E-state index in [0.717, 1.165) is 12.8 Å². The summed E-state index contributed by atoms with van der Waals surface area (Å²) in [5, 5.41) is 0. The summed E-state index contributed by atoms with van der Waals surface area (Å²) in [4.78, 5) is 25.6. The van der Waals surface area contributed by atoms with Crippen LogP contribution < -0.4 is 0 Å². The third-order valence-electron chi connectivity index (χ3n) is 3.61. The lowest BCUT2D eigenvalue weighted by Gasteiger charge is -2.13. The van der Waals surface area contributed by atoms with Crippen LogP contribution in [-0.2, 0) is 0 Å². The molecule has 0 fully saturated rings. The van der Waals surface area contributed by atoms with Gasteiger partial charge in [0.1, 0.15) is 0 Å². The zero-order chi connectivity index (χ0) is 14.4. The summed E-state index contributed by atoms with van der Waals surface area (Å²) >= 11 is 1.88. The van der Waals surface area contributed by atoms with Crippen molar-refractivity contribution in [3.8, 4) is 0 Å². The fraction of sp³-hybridized carbons (Fsp3) is 0.500. The zero-order valence-electron chi connectivity index (χ0n) is 11.9. The molecule has 1 aliphatic rings. The molecular formula is C16H21NO2S. The number of hydrogen-bond donors (Lipinski definition) is 0. The fourth-order valence-electron chi connectivity index (χ4n) is 2.49. The average molecular weight is 291 g/mol. The third-order valence-corrected chi connectivity index (χ3v) is 4.31. The number of fused-ring (bicyclic) bond motifs is 1. The number of benzene rings is 1. The van der Waals surface area contributed by atoms with E-state index in [-0.39, 0.29) is 11.8 Å². The van der Waals surface area contributed by atoms with Gasteiger partial charge in [-0.3, -0.25) is 14.5 Å². The molecule has 0 aliphatic carbocycles. The first kappa shape index (κ1) is 15.1. The molecule has 1 aromatic carbocycles. The molecule has 0 spiro atoms. The van der Waals surface area contributed by atoms with Crippen molar-refractivity contribution in [1.29, 1.82) is 0 Å². The van der Waals surface area contributed by atoms with E-state index in [1.165, 1.54) is 29.9 Å². The molecule has 1 aromatic rings. The van der Waals surface area contributed by atoms with Crippen molar-refractivity contribution in [3.05, 3.63) is 35.4 Å². The van der Waals surface area contributed by atoms with E-state index in [0.29, 0.717) is 17.7 Å². The van der Waals surface area contributed by atoms with Crippen molar-refractivity contribution in [2.75, 3.05) is 18.6 Å². The first-order valence-corrected chi connectivity index (χ1v) is 8.59. The molecule has 108 valence electrons. The van der Waals surface area contributed by atoms with Crippen LogP contribution in [0.3, 0.4) is 0 Å². The second-order valence-electron chi connectivity index (χ2n) is 5.07. The topological polar surface area (TPSA) is 37.4 Å². The molecular weight excluding hydrogens is 270 g/mol. The number of hydrogen-bond acceptors (Lipinski definition) is 3. The maximum absolute atomic E-state index is 12.1. The van der Waals surface area contributed by atoms with Crippen LogP contribution in [0.2, 0.25) is 0 Å². The Balaban J connectivity index is 1.75. The van der Waals surface area contributed by atoms with Crippen LogP contribution in [0.25, 0.3) is 0 Å². The fourth-order valence-corrected chi connectivity index (χ4v) is 2.98. The molecule has 2 rings (SSSR count). The summed E-state index contributed by atoms with van der Waals surface area (Å²) < 4.78 is 0. The second-order valence-corrected chi connectivity index (χ2v) is 6.05. The van der Waals surface area contributed by atoms with Gasteiger partial charge < -0.3 is 0 Å². The third kappa shape index (κ3) is 3.42. The van der Waals surface area contributed by atoms with Crippen molar-refractivity contribution < 1.29 is 9.59 Å². The van der Waals surface area contributed by atoms with E-state index < -0.39 is 0 Å². The number of imide groups is 1. The largest absolute Gasteiger partial charge is 0.274 e. The minimum absolute atomic E-state index is 0.131. The molecule has 3 nitrogen and oxygen atoms in total. The monoisotopic (exact) mass is 291 g/mol. The Morgan fingerprint density at radius 2 is 1.45 bits per heavy atom. The highest BCUT2D eigenvalue weighted by atomic mass is 32.2. The summed E-state index contributed by atoms with van der Waals surface area (Å²) in [5.74, 6) is 0.958. The van der Waals surface area contributed by atoms with Gasteiger partial charge in [-0.15, -0.1) is 0 Å². The number of unbranched alkanes of at least 4 members (excludes halogenated alkanes) is 4. The smallest absolute Gasteiger partial charge is 0.261 e. The molecule has 0 N–H and O–H groups in total. The van der Waals surface area contributed by atoms with Gasteiger partial charge >= 0.3 is 0 Å². The first-order chi connectivity index (χ1) is 9.75. The van der Waals surface area contributed by atoms with Gasteiger partial charge in [0, 0.05) is 6.54 Å². The Bertz CT molecular complexity index is 452. The van der Waals surface area contributed by atoms with E-state index >= 15 is 0 Å². The predicted molar refractivity (Wildman–Crippen MR) is 83.3 cm³/mol. The van der Waals surface area contributed by atoms with E-state index in [2.05, 4.69) is 6.26 Å². The highest BCUT2D eigenvalue weighted by Gasteiger charge is 2.34. The molecule has 2 amide bonds. The highest BCUT2D eigenvalue weighted by Crippen LogP contribution is 2.22. The maximum atomic E-state index is 12.1. The Hall–Kier alpha value is -1.29. The van der Waals surface area contributed by atoms with Crippen molar-refractivity contribution in [3.63, 3.8) is 0 Å². The van der Waals surface area contributed by atoms with Crippen LogP contribution in [0.1, 0.15) is 52.8 Å². The Kier molecular flexibility index (Phi) is 5.65.